The standard InChI is InChI=1S/C11H15FN2O2.C4H9N/c1-16-11(10(13)6-12)8-2-4-9(5-3-8)14-7-15;1-2-4-5-3-1/h2-5,7,10-11H,6,13H2,1H3,(H,14,15);5H,1-4H2. The first-order valence-electron chi connectivity index (χ1n) is 7.08. The summed E-state index contributed by atoms with van der Waals surface area (Å²) in [5, 5.41) is 5.73. The SMILES string of the molecule is C1CCNC1.COC(c1ccc(NC=O)cc1)C(N)CF. The molecule has 118 valence electrons. The number of alkyl halides is 1. The van der Waals surface area contributed by atoms with E-state index >= 15 is 0 Å². The number of hydrogen-bond donors (Lipinski definition) is 3. The molecule has 2 atom stereocenters. The highest BCUT2D eigenvalue weighted by Gasteiger charge is 2.18. The van der Waals surface area contributed by atoms with E-state index in [4.69, 9.17) is 10.5 Å². The summed E-state index contributed by atoms with van der Waals surface area (Å²) in [5.41, 5.74) is 7.04. The number of nitrogens with one attached hydrogen (secondary N) is 2. The highest BCUT2D eigenvalue weighted by Crippen LogP contribution is 2.21. The van der Waals surface area contributed by atoms with Crippen molar-refractivity contribution in [1.82, 2.24) is 5.32 Å². The highest BCUT2D eigenvalue weighted by atomic mass is 19.1. The average Bonchev–Trinajstić information content (AvgIpc) is 3.09. The van der Waals surface area contributed by atoms with E-state index in [1.54, 1.807) is 24.3 Å². The predicted octanol–water partition coefficient (Wildman–Crippen LogP) is 1.61. The quantitative estimate of drug-likeness (QED) is 0.697. The van der Waals surface area contributed by atoms with Crippen molar-refractivity contribution in [1.29, 1.82) is 0 Å². The van der Waals surface area contributed by atoms with Crippen LogP contribution in [0.15, 0.2) is 24.3 Å². The van der Waals surface area contributed by atoms with E-state index in [1.807, 2.05) is 0 Å². The minimum Gasteiger partial charge on any atom is -0.375 e. The van der Waals surface area contributed by atoms with Crippen molar-refractivity contribution in [3.05, 3.63) is 29.8 Å². The van der Waals surface area contributed by atoms with E-state index in [-0.39, 0.29) is 0 Å². The van der Waals surface area contributed by atoms with E-state index in [0.717, 1.165) is 5.56 Å². The number of rotatable bonds is 6. The molecule has 4 N–H and O–H groups in total. The van der Waals surface area contributed by atoms with Crippen molar-refractivity contribution in [2.45, 2.75) is 25.0 Å². The van der Waals surface area contributed by atoms with Crippen molar-refractivity contribution < 1.29 is 13.9 Å². The summed E-state index contributed by atoms with van der Waals surface area (Å²) in [4.78, 5) is 10.2. The molecule has 21 heavy (non-hydrogen) atoms. The van der Waals surface area contributed by atoms with E-state index < -0.39 is 18.8 Å². The van der Waals surface area contributed by atoms with Gasteiger partial charge in [-0.25, -0.2) is 4.39 Å². The molecule has 1 saturated heterocycles. The van der Waals surface area contributed by atoms with Crippen LogP contribution in [-0.4, -0.2) is 39.3 Å². The Balaban J connectivity index is 0.000000369. The van der Waals surface area contributed by atoms with Gasteiger partial charge < -0.3 is 21.1 Å². The smallest absolute Gasteiger partial charge is 0.211 e. The molecule has 0 saturated carbocycles. The van der Waals surface area contributed by atoms with Gasteiger partial charge in [-0.15, -0.1) is 0 Å². The lowest BCUT2D eigenvalue weighted by atomic mass is 10.0. The maximum Gasteiger partial charge on any atom is 0.211 e. The maximum absolute atomic E-state index is 12.4. The lowest BCUT2D eigenvalue weighted by Gasteiger charge is -2.20. The molecule has 1 heterocycles. The molecule has 0 radical (unpaired) electrons. The van der Waals surface area contributed by atoms with E-state index in [0.29, 0.717) is 12.1 Å². The summed E-state index contributed by atoms with van der Waals surface area (Å²) in [6.07, 6.45) is 2.89. The molecule has 1 aromatic carbocycles. The summed E-state index contributed by atoms with van der Waals surface area (Å²) in [6, 6.07) is 6.22. The molecule has 1 fully saturated rings. The molecule has 6 heteroatoms. The fraction of sp³-hybridized carbons (Fsp3) is 0.533. The van der Waals surface area contributed by atoms with Crippen LogP contribution in [0.4, 0.5) is 10.1 Å². The number of nitrogens with two attached hydrogens (primary N) is 1. The minimum atomic E-state index is -0.685. The number of anilines is 1. The third-order valence-electron chi connectivity index (χ3n) is 3.24. The number of hydrogen-bond acceptors (Lipinski definition) is 4. The fourth-order valence-corrected chi connectivity index (χ4v) is 2.10. The van der Waals surface area contributed by atoms with Gasteiger partial charge in [0.15, 0.2) is 0 Å². The van der Waals surface area contributed by atoms with Gasteiger partial charge in [-0.3, -0.25) is 4.79 Å². The van der Waals surface area contributed by atoms with Crippen molar-refractivity contribution in [2.75, 3.05) is 32.2 Å². The fourth-order valence-electron chi connectivity index (χ4n) is 2.10. The molecular weight excluding hydrogens is 273 g/mol. The highest BCUT2D eigenvalue weighted by molar-refractivity contribution is 5.71. The van der Waals surface area contributed by atoms with Crippen molar-refractivity contribution in [3.63, 3.8) is 0 Å². The zero-order valence-electron chi connectivity index (χ0n) is 12.3. The third kappa shape index (κ3) is 6.20. The largest absolute Gasteiger partial charge is 0.375 e. The molecule has 2 rings (SSSR count). The van der Waals surface area contributed by atoms with Crippen LogP contribution >= 0.6 is 0 Å². The molecule has 5 nitrogen and oxygen atoms in total. The number of methoxy groups -OCH3 is 1. The molecule has 1 aromatic rings. The monoisotopic (exact) mass is 297 g/mol. The number of benzene rings is 1. The molecule has 1 aliphatic heterocycles. The Bertz CT molecular complexity index is 389. The van der Waals surface area contributed by atoms with Crippen LogP contribution < -0.4 is 16.4 Å². The van der Waals surface area contributed by atoms with E-state index in [2.05, 4.69) is 10.6 Å². The number of ether oxygens (including phenoxy) is 1. The van der Waals surface area contributed by atoms with Crippen LogP contribution in [0.3, 0.4) is 0 Å². The van der Waals surface area contributed by atoms with Crippen molar-refractivity contribution in [3.8, 4) is 0 Å². The Morgan fingerprint density at radius 1 is 1.38 bits per heavy atom. The van der Waals surface area contributed by atoms with Gasteiger partial charge in [0.2, 0.25) is 6.41 Å². The molecule has 0 aliphatic carbocycles. The maximum atomic E-state index is 12.4. The first kappa shape index (κ1) is 17.6. The lowest BCUT2D eigenvalue weighted by Crippen LogP contribution is -2.31. The molecule has 2 unspecified atom stereocenters. The first-order chi connectivity index (χ1) is 10.2. The van der Waals surface area contributed by atoms with Crippen molar-refractivity contribution in [2.24, 2.45) is 5.73 Å². The summed E-state index contributed by atoms with van der Waals surface area (Å²) >= 11 is 0. The van der Waals surface area contributed by atoms with Crippen LogP contribution in [-0.2, 0) is 9.53 Å². The lowest BCUT2D eigenvalue weighted by molar-refractivity contribution is -0.105. The van der Waals surface area contributed by atoms with Gasteiger partial charge in [-0.05, 0) is 43.6 Å². The second-order valence-electron chi connectivity index (χ2n) is 4.82. The van der Waals surface area contributed by atoms with Crippen LogP contribution in [0, 0.1) is 0 Å². The van der Waals surface area contributed by atoms with Gasteiger partial charge in [0.25, 0.3) is 0 Å². The summed E-state index contributed by atoms with van der Waals surface area (Å²) in [6.45, 7) is 1.85. The van der Waals surface area contributed by atoms with Gasteiger partial charge in [0.1, 0.15) is 6.67 Å². The Hall–Kier alpha value is -1.50. The predicted molar refractivity (Wildman–Crippen MR) is 81.9 cm³/mol. The first-order valence-corrected chi connectivity index (χ1v) is 7.08. The number of halogens is 1. The number of carbonyl (C=O) groups excluding carboxylic acids is 1. The molecule has 0 aromatic heterocycles. The van der Waals surface area contributed by atoms with Crippen LogP contribution in [0.1, 0.15) is 24.5 Å². The number of carbonyl (C=O) groups is 1. The molecule has 0 bridgehead atoms. The second-order valence-corrected chi connectivity index (χ2v) is 4.82. The summed E-state index contributed by atoms with van der Waals surface area (Å²) < 4.78 is 17.6. The van der Waals surface area contributed by atoms with Gasteiger partial charge in [-0.2, -0.15) is 0 Å². The number of amides is 1. The molecule has 1 aliphatic rings. The van der Waals surface area contributed by atoms with Gasteiger partial charge in [0, 0.05) is 12.8 Å². The topological polar surface area (TPSA) is 76.4 Å². The summed E-state index contributed by atoms with van der Waals surface area (Å²) in [5.74, 6) is 0. The van der Waals surface area contributed by atoms with Crippen LogP contribution in [0.5, 0.6) is 0 Å². The zero-order chi connectivity index (χ0) is 15.5. The Morgan fingerprint density at radius 2 is 2.00 bits per heavy atom. The minimum absolute atomic E-state index is 0.477. The molecule has 1 amide bonds. The zero-order valence-corrected chi connectivity index (χ0v) is 12.3. The Kier molecular flexibility index (Phi) is 8.57. The van der Waals surface area contributed by atoms with Gasteiger partial charge in [0.05, 0.1) is 12.1 Å². The van der Waals surface area contributed by atoms with E-state index in [1.165, 1.54) is 33.0 Å². The Labute approximate surface area is 125 Å². The second kappa shape index (κ2) is 10.3. The molecular formula is C15H24FN3O2. The normalized spacial score (nSPS) is 16.5. The van der Waals surface area contributed by atoms with Crippen LogP contribution in [0.2, 0.25) is 0 Å². The van der Waals surface area contributed by atoms with Gasteiger partial charge >= 0.3 is 0 Å². The van der Waals surface area contributed by atoms with Gasteiger partial charge in [-0.1, -0.05) is 12.1 Å². The molecule has 0 spiro atoms. The van der Waals surface area contributed by atoms with E-state index in [9.17, 15) is 9.18 Å². The average molecular weight is 297 g/mol. The Morgan fingerprint density at radius 3 is 2.38 bits per heavy atom. The third-order valence-corrected chi connectivity index (χ3v) is 3.24. The van der Waals surface area contributed by atoms with Crippen molar-refractivity contribution >= 4 is 12.1 Å². The summed E-state index contributed by atoms with van der Waals surface area (Å²) in [7, 11) is 1.48. The van der Waals surface area contributed by atoms with Crippen LogP contribution in [0.25, 0.3) is 0 Å².